The molecule has 0 fully saturated rings. The van der Waals surface area contributed by atoms with Crippen LogP contribution in [0.25, 0.3) is 0 Å². The van der Waals surface area contributed by atoms with E-state index in [1.165, 1.54) is 0 Å². The first kappa shape index (κ1) is 10.7. The van der Waals surface area contributed by atoms with Gasteiger partial charge in [0.2, 0.25) is 0 Å². The minimum atomic E-state index is 0.360. The van der Waals surface area contributed by atoms with Gasteiger partial charge in [0.05, 0.1) is 5.02 Å². The van der Waals surface area contributed by atoms with E-state index in [4.69, 9.17) is 23.1 Å². The second-order valence-electron chi connectivity index (χ2n) is 2.85. The van der Waals surface area contributed by atoms with Gasteiger partial charge in [-0.2, -0.15) is 0 Å². The van der Waals surface area contributed by atoms with Gasteiger partial charge in [-0.15, -0.1) is 11.8 Å². The zero-order chi connectivity index (χ0) is 9.84. The highest BCUT2D eigenvalue weighted by molar-refractivity contribution is 8.00. The van der Waals surface area contributed by atoms with Crippen LogP contribution in [0.5, 0.6) is 0 Å². The number of nitrogen functional groups attached to an aromatic ring is 1. The van der Waals surface area contributed by atoms with E-state index < -0.39 is 0 Å². The van der Waals surface area contributed by atoms with Crippen LogP contribution in [0, 0.1) is 0 Å². The number of hydrogen-bond acceptors (Lipinski definition) is 3. The summed E-state index contributed by atoms with van der Waals surface area (Å²) in [5.74, 6) is 0. The minimum Gasteiger partial charge on any atom is -0.399 e. The molecule has 0 aliphatic rings. The van der Waals surface area contributed by atoms with Crippen LogP contribution in [-0.4, -0.2) is 11.8 Å². The Labute approximate surface area is 87.6 Å². The lowest BCUT2D eigenvalue weighted by molar-refractivity contribution is 0.951. The van der Waals surface area contributed by atoms with Crippen molar-refractivity contribution in [1.29, 1.82) is 0 Å². The molecule has 0 bridgehead atoms. The molecule has 72 valence electrons. The van der Waals surface area contributed by atoms with E-state index in [9.17, 15) is 0 Å². The zero-order valence-corrected chi connectivity index (χ0v) is 9.03. The van der Waals surface area contributed by atoms with Crippen LogP contribution in [0.3, 0.4) is 0 Å². The van der Waals surface area contributed by atoms with Gasteiger partial charge in [0.1, 0.15) is 0 Å². The summed E-state index contributed by atoms with van der Waals surface area (Å²) in [7, 11) is 0. The van der Waals surface area contributed by atoms with Crippen LogP contribution in [0.1, 0.15) is 6.92 Å². The fourth-order valence-electron chi connectivity index (χ4n) is 0.875. The Bertz CT molecular complexity index is 291. The van der Waals surface area contributed by atoms with Gasteiger partial charge in [0.25, 0.3) is 0 Å². The van der Waals surface area contributed by atoms with Gasteiger partial charge in [-0.1, -0.05) is 18.5 Å². The molecule has 4 heteroatoms. The molecule has 0 saturated heterocycles. The maximum atomic E-state index is 5.98. The second kappa shape index (κ2) is 4.74. The van der Waals surface area contributed by atoms with Crippen molar-refractivity contribution < 1.29 is 0 Å². The third-order valence-electron chi connectivity index (χ3n) is 1.62. The van der Waals surface area contributed by atoms with Crippen molar-refractivity contribution in [3.05, 3.63) is 23.2 Å². The Kier molecular flexibility index (Phi) is 3.90. The lowest BCUT2D eigenvalue weighted by Crippen LogP contribution is -2.12. The zero-order valence-electron chi connectivity index (χ0n) is 7.46. The van der Waals surface area contributed by atoms with E-state index in [1.807, 2.05) is 12.1 Å². The molecule has 0 aliphatic heterocycles. The summed E-state index contributed by atoms with van der Waals surface area (Å²) in [6.07, 6.45) is 0. The molecule has 0 saturated carbocycles. The summed E-state index contributed by atoms with van der Waals surface area (Å²) >= 11 is 7.63. The fraction of sp³-hybridized carbons (Fsp3) is 0.333. The van der Waals surface area contributed by atoms with Crippen LogP contribution >= 0.6 is 23.4 Å². The lowest BCUT2D eigenvalue weighted by Gasteiger charge is -2.09. The number of rotatable bonds is 3. The third kappa shape index (κ3) is 3.10. The summed E-state index contributed by atoms with van der Waals surface area (Å²) in [6.45, 7) is 2.69. The highest BCUT2D eigenvalue weighted by Gasteiger charge is 2.05. The van der Waals surface area contributed by atoms with Gasteiger partial charge < -0.3 is 11.5 Å². The molecule has 0 spiro atoms. The number of halogens is 1. The topological polar surface area (TPSA) is 52.0 Å². The van der Waals surface area contributed by atoms with Crippen molar-refractivity contribution >= 4 is 29.1 Å². The Morgan fingerprint density at radius 1 is 1.54 bits per heavy atom. The van der Waals surface area contributed by atoms with Crippen LogP contribution in [0.2, 0.25) is 5.02 Å². The molecule has 0 radical (unpaired) electrons. The Hall–Kier alpha value is -0.380. The van der Waals surface area contributed by atoms with Crippen molar-refractivity contribution in [3.8, 4) is 0 Å². The monoisotopic (exact) mass is 216 g/mol. The summed E-state index contributed by atoms with van der Waals surface area (Å²) in [4.78, 5) is 1.000. The number of benzene rings is 1. The first-order chi connectivity index (χ1) is 6.13. The SMILES string of the molecule is CC(CN)Sc1cc(N)ccc1Cl. The Morgan fingerprint density at radius 3 is 2.85 bits per heavy atom. The first-order valence-electron chi connectivity index (χ1n) is 4.05. The number of thioether (sulfide) groups is 1. The van der Waals surface area contributed by atoms with E-state index >= 15 is 0 Å². The summed E-state index contributed by atoms with van der Waals surface area (Å²) in [5, 5.41) is 1.10. The number of nitrogens with two attached hydrogens (primary N) is 2. The quantitative estimate of drug-likeness (QED) is 0.603. The maximum Gasteiger partial charge on any atom is 0.0543 e. The normalized spacial score (nSPS) is 12.8. The third-order valence-corrected chi connectivity index (χ3v) is 3.24. The average molecular weight is 217 g/mol. The smallest absolute Gasteiger partial charge is 0.0543 e. The number of hydrogen-bond donors (Lipinski definition) is 2. The molecular formula is C9H13ClN2S. The summed E-state index contributed by atoms with van der Waals surface area (Å²) in [6, 6.07) is 5.47. The summed E-state index contributed by atoms with van der Waals surface area (Å²) < 4.78 is 0. The molecule has 0 aromatic heterocycles. The molecule has 1 rings (SSSR count). The van der Waals surface area contributed by atoms with E-state index in [1.54, 1.807) is 17.8 Å². The Morgan fingerprint density at radius 2 is 2.23 bits per heavy atom. The predicted octanol–water partition coefficient (Wildman–Crippen LogP) is 2.36. The van der Waals surface area contributed by atoms with E-state index in [2.05, 4.69) is 6.92 Å². The molecule has 0 amide bonds. The maximum absolute atomic E-state index is 5.98. The van der Waals surface area contributed by atoms with Gasteiger partial charge in [-0.25, -0.2) is 0 Å². The molecular weight excluding hydrogens is 204 g/mol. The molecule has 13 heavy (non-hydrogen) atoms. The second-order valence-corrected chi connectivity index (χ2v) is 4.74. The van der Waals surface area contributed by atoms with Gasteiger partial charge >= 0.3 is 0 Å². The van der Waals surface area contributed by atoms with Crippen molar-refractivity contribution in [3.63, 3.8) is 0 Å². The van der Waals surface area contributed by atoms with Crippen molar-refractivity contribution in [2.24, 2.45) is 5.73 Å². The molecule has 1 aromatic rings. The summed E-state index contributed by atoms with van der Waals surface area (Å²) in [5.41, 5.74) is 11.9. The van der Waals surface area contributed by atoms with Gasteiger partial charge in [-0.05, 0) is 18.2 Å². The van der Waals surface area contributed by atoms with Gasteiger partial charge in [0.15, 0.2) is 0 Å². The van der Waals surface area contributed by atoms with Crippen LogP contribution < -0.4 is 11.5 Å². The van der Waals surface area contributed by atoms with Crippen LogP contribution in [-0.2, 0) is 0 Å². The molecule has 2 nitrogen and oxygen atoms in total. The standard InChI is InChI=1S/C9H13ClN2S/c1-6(5-11)13-9-4-7(12)2-3-8(9)10/h2-4,6H,5,11-12H2,1H3. The predicted molar refractivity (Wildman–Crippen MR) is 60.2 cm³/mol. The molecule has 4 N–H and O–H groups in total. The molecule has 0 aliphatic carbocycles. The average Bonchev–Trinajstić information content (AvgIpc) is 2.11. The van der Waals surface area contributed by atoms with Gasteiger partial charge in [-0.3, -0.25) is 0 Å². The molecule has 1 aromatic carbocycles. The van der Waals surface area contributed by atoms with E-state index in [0.717, 1.165) is 15.6 Å². The van der Waals surface area contributed by atoms with Gasteiger partial charge in [0, 0.05) is 22.4 Å². The fourth-order valence-corrected chi connectivity index (χ4v) is 2.04. The lowest BCUT2D eigenvalue weighted by atomic mass is 10.3. The minimum absolute atomic E-state index is 0.360. The highest BCUT2D eigenvalue weighted by Crippen LogP contribution is 2.31. The van der Waals surface area contributed by atoms with E-state index in [0.29, 0.717) is 11.8 Å². The van der Waals surface area contributed by atoms with Crippen molar-refractivity contribution in [2.75, 3.05) is 12.3 Å². The molecule has 1 unspecified atom stereocenters. The van der Waals surface area contributed by atoms with Crippen LogP contribution in [0.4, 0.5) is 5.69 Å². The first-order valence-corrected chi connectivity index (χ1v) is 5.31. The van der Waals surface area contributed by atoms with E-state index in [-0.39, 0.29) is 0 Å². The highest BCUT2D eigenvalue weighted by atomic mass is 35.5. The number of anilines is 1. The Balaban J connectivity index is 2.81. The van der Waals surface area contributed by atoms with Crippen LogP contribution in [0.15, 0.2) is 23.1 Å². The largest absolute Gasteiger partial charge is 0.399 e. The molecule has 0 heterocycles. The molecule has 1 atom stereocenters. The van der Waals surface area contributed by atoms with Crippen molar-refractivity contribution in [2.45, 2.75) is 17.1 Å². The van der Waals surface area contributed by atoms with Crippen molar-refractivity contribution in [1.82, 2.24) is 0 Å².